The molecule has 0 atom stereocenters. The van der Waals surface area contributed by atoms with Gasteiger partial charge in [0, 0.05) is 8.95 Å². The Bertz CT molecular complexity index is 861. The van der Waals surface area contributed by atoms with E-state index in [0.717, 1.165) is 25.7 Å². The van der Waals surface area contributed by atoms with Crippen LogP contribution in [0.3, 0.4) is 0 Å². The van der Waals surface area contributed by atoms with Crippen LogP contribution >= 0.6 is 31.9 Å². The molecule has 1 heterocycles. The van der Waals surface area contributed by atoms with Crippen molar-refractivity contribution in [2.75, 3.05) is 5.73 Å². The smallest absolute Gasteiger partial charge is 0.205 e. The number of nitrogen functional groups attached to an aromatic ring is 1. The fourth-order valence-corrected chi connectivity index (χ4v) is 3.30. The lowest BCUT2D eigenvalue weighted by Crippen LogP contribution is -2.01. The Kier molecular flexibility index (Phi) is 3.24. The number of anilines is 1. The number of nitriles is 1. The van der Waals surface area contributed by atoms with Gasteiger partial charge in [-0.3, -0.25) is 4.57 Å². The minimum absolute atomic E-state index is 0.387. The van der Waals surface area contributed by atoms with Crippen LogP contribution < -0.4 is 5.73 Å². The van der Waals surface area contributed by atoms with E-state index in [0.29, 0.717) is 11.5 Å². The molecule has 0 amide bonds. The van der Waals surface area contributed by atoms with Crippen LogP contribution in [0.25, 0.3) is 16.7 Å². The van der Waals surface area contributed by atoms with Gasteiger partial charge in [-0.15, -0.1) is 0 Å². The molecule has 0 fully saturated rings. The number of hydrogen-bond donors (Lipinski definition) is 1. The molecule has 2 N–H and O–H groups in total. The molecule has 0 spiro atoms. The number of halogens is 2. The van der Waals surface area contributed by atoms with Gasteiger partial charge in [-0.1, -0.05) is 15.9 Å². The predicted octanol–water partition coefficient (Wildman–Crippen LogP) is 4.00. The number of benzene rings is 2. The lowest BCUT2D eigenvalue weighted by molar-refractivity contribution is 1.10. The molecule has 2 aromatic carbocycles. The molecule has 0 aliphatic heterocycles. The second-order valence-electron chi connectivity index (χ2n) is 4.22. The summed E-state index contributed by atoms with van der Waals surface area (Å²) in [6.45, 7) is 0. The Morgan fingerprint density at radius 3 is 2.65 bits per heavy atom. The highest BCUT2D eigenvalue weighted by molar-refractivity contribution is 9.11. The number of aromatic nitrogens is 2. The topological polar surface area (TPSA) is 67.6 Å². The lowest BCUT2D eigenvalue weighted by Gasteiger charge is -2.09. The van der Waals surface area contributed by atoms with Crippen LogP contribution in [0.2, 0.25) is 0 Å². The van der Waals surface area contributed by atoms with Crippen molar-refractivity contribution >= 4 is 48.8 Å². The maximum absolute atomic E-state index is 9.03. The Hall–Kier alpha value is -1.84. The highest BCUT2D eigenvalue weighted by Crippen LogP contribution is 2.30. The van der Waals surface area contributed by atoms with Crippen molar-refractivity contribution in [2.45, 2.75) is 0 Å². The van der Waals surface area contributed by atoms with Crippen molar-refractivity contribution in [3.63, 3.8) is 0 Å². The van der Waals surface area contributed by atoms with E-state index in [1.54, 1.807) is 18.2 Å². The molecule has 98 valence electrons. The zero-order chi connectivity index (χ0) is 14.3. The number of nitrogens with zero attached hydrogens (tertiary/aromatic N) is 3. The number of hydrogen-bond acceptors (Lipinski definition) is 3. The number of imidazole rings is 1. The van der Waals surface area contributed by atoms with E-state index in [-0.39, 0.29) is 0 Å². The summed E-state index contributed by atoms with van der Waals surface area (Å²) in [7, 11) is 0. The second-order valence-corrected chi connectivity index (χ2v) is 5.99. The summed E-state index contributed by atoms with van der Waals surface area (Å²) in [6, 6.07) is 13.3. The average molecular weight is 392 g/mol. The van der Waals surface area contributed by atoms with Crippen molar-refractivity contribution < 1.29 is 0 Å². The van der Waals surface area contributed by atoms with Crippen molar-refractivity contribution in [3.05, 3.63) is 50.9 Å². The number of nitrogens with two attached hydrogens (primary N) is 1. The van der Waals surface area contributed by atoms with E-state index in [2.05, 4.69) is 42.9 Å². The van der Waals surface area contributed by atoms with Crippen LogP contribution in [0.5, 0.6) is 0 Å². The van der Waals surface area contributed by atoms with Crippen molar-refractivity contribution in [3.8, 4) is 11.8 Å². The summed E-state index contributed by atoms with van der Waals surface area (Å²) < 4.78 is 3.68. The van der Waals surface area contributed by atoms with Gasteiger partial charge in [0.2, 0.25) is 5.95 Å². The first-order valence-electron chi connectivity index (χ1n) is 5.73. The van der Waals surface area contributed by atoms with E-state index < -0.39 is 0 Å². The standard InChI is InChI=1S/C14H8Br2N4/c15-9-2-4-12(10(16)6-9)20-13-5-8(7-17)1-3-11(13)19-14(20)18/h1-6H,(H2,18,19). The Morgan fingerprint density at radius 2 is 1.95 bits per heavy atom. The molecular formula is C14H8Br2N4. The van der Waals surface area contributed by atoms with Crippen molar-refractivity contribution in [2.24, 2.45) is 0 Å². The molecule has 0 aliphatic carbocycles. The van der Waals surface area contributed by atoms with Crippen LogP contribution in [0.1, 0.15) is 5.56 Å². The molecule has 6 heteroatoms. The van der Waals surface area contributed by atoms with Gasteiger partial charge in [0.05, 0.1) is 28.4 Å². The minimum atomic E-state index is 0.387. The average Bonchev–Trinajstić information content (AvgIpc) is 2.74. The minimum Gasteiger partial charge on any atom is -0.369 e. The fourth-order valence-electron chi connectivity index (χ4n) is 2.08. The van der Waals surface area contributed by atoms with E-state index in [4.69, 9.17) is 11.0 Å². The predicted molar refractivity (Wildman–Crippen MR) is 85.6 cm³/mol. The summed E-state index contributed by atoms with van der Waals surface area (Å²) in [4.78, 5) is 4.33. The first-order valence-corrected chi connectivity index (χ1v) is 7.32. The fraction of sp³-hybridized carbons (Fsp3) is 0. The Labute approximate surface area is 132 Å². The maximum atomic E-state index is 9.03. The summed E-state index contributed by atoms with van der Waals surface area (Å²) in [5, 5.41) is 9.03. The third-order valence-electron chi connectivity index (χ3n) is 2.96. The molecule has 0 unspecified atom stereocenters. The van der Waals surface area contributed by atoms with Gasteiger partial charge in [-0.05, 0) is 52.3 Å². The molecule has 0 bridgehead atoms. The van der Waals surface area contributed by atoms with Crippen molar-refractivity contribution in [1.29, 1.82) is 5.26 Å². The first kappa shape index (κ1) is 13.2. The van der Waals surface area contributed by atoms with Gasteiger partial charge in [0.15, 0.2) is 0 Å². The molecule has 0 radical (unpaired) electrons. The van der Waals surface area contributed by atoms with Gasteiger partial charge in [-0.2, -0.15) is 5.26 Å². The van der Waals surface area contributed by atoms with Gasteiger partial charge >= 0.3 is 0 Å². The van der Waals surface area contributed by atoms with Gasteiger partial charge in [0.1, 0.15) is 0 Å². The molecule has 20 heavy (non-hydrogen) atoms. The molecular weight excluding hydrogens is 384 g/mol. The van der Waals surface area contributed by atoms with Gasteiger partial charge < -0.3 is 5.73 Å². The van der Waals surface area contributed by atoms with E-state index >= 15 is 0 Å². The Balaban J connectivity index is 2.35. The third-order valence-corrected chi connectivity index (χ3v) is 4.09. The van der Waals surface area contributed by atoms with Crippen LogP contribution in [0.15, 0.2) is 45.3 Å². The van der Waals surface area contributed by atoms with E-state index in [1.165, 1.54) is 0 Å². The SMILES string of the molecule is N#Cc1ccc2nc(N)n(-c3ccc(Br)cc3Br)c2c1. The zero-order valence-electron chi connectivity index (χ0n) is 10.1. The summed E-state index contributed by atoms with van der Waals surface area (Å²) in [5.74, 6) is 0.387. The van der Waals surface area contributed by atoms with Crippen molar-refractivity contribution in [1.82, 2.24) is 9.55 Å². The van der Waals surface area contributed by atoms with Crippen LogP contribution in [0, 0.1) is 11.3 Å². The van der Waals surface area contributed by atoms with Crippen LogP contribution in [-0.4, -0.2) is 9.55 Å². The normalized spacial score (nSPS) is 10.7. The number of fused-ring (bicyclic) bond motifs is 1. The number of rotatable bonds is 1. The summed E-state index contributed by atoms with van der Waals surface area (Å²) >= 11 is 6.95. The highest BCUT2D eigenvalue weighted by Gasteiger charge is 2.13. The molecule has 1 aromatic heterocycles. The monoisotopic (exact) mass is 390 g/mol. The molecule has 3 rings (SSSR count). The molecule has 0 aliphatic rings. The Morgan fingerprint density at radius 1 is 1.15 bits per heavy atom. The molecule has 0 saturated heterocycles. The van der Waals surface area contributed by atoms with Gasteiger partial charge in [0.25, 0.3) is 0 Å². The van der Waals surface area contributed by atoms with E-state index in [9.17, 15) is 0 Å². The molecule has 0 saturated carbocycles. The summed E-state index contributed by atoms with van der Waals surface area (Å²) in [6.07, 6.45) is 0. The first-order chi connectivity index (χ1) is 9.60. The molecule has 3 aromatic rings. The van der Waals surface area contributed by atoms with E-state index in [1.807, 2.05) is 22.8 Å². The lowest BCUT2D eigenvalue weighted by atomic mass is 10.2. The largest absolute Gasteiger partial charge is 0.369 e. The quantitative estimate of drug-likeness (QED) is 0.681. The summed E-state index contributed by atoms with van der Waals surface area (Å²) in [5.41, 5.74) is 9.04. The van der Waals surface area contributed by atoms with Crippen LogP contribution in [0.4, 0.5) is 5.95 Å². The second kappa shape index (κ2) is 4.93. The third kappa shape index (κ3) is 2.09. The highest BCUT2D eigenvalue weighted by atomic mass is 79.9. The van der Waals surface area contributed by atoms with Crippen LogP contribution in [-0.2, 0) is 0 Å². The van der Waals surface area contributed by atoms with Gasteiger partial charge in [-0.25, -0.2) is 4.98 Å². The zero-order valence-corrected chi connectivity index (χ0v) is 13.3. The maximum Gasteiger partial charge on any atom is 0.205 e. The molecule has 4 nitrogen and oxygen atoms in total.